The van der Waals surface area contributed by atoms with Crippen LogP contribution in [0.5, 0.6) is 0 Å². The fourth-order valence-electron chi connectivity index (χ4n) is 4.71. The lowest BCUT2D eigenvalue weighted by molar-refractivity contribution is -0.152. The summed E-state index contributed by atoms with van der Waals surface area (Å²) in [6, 6.07) is 8.04. The van der Waals surface area contributed by atoms with Gasteiger partial charge in [0.25, 0.3) is 0 Å². The van der Waals surface area contributed by atoms with Crippen molar-refractivity contribution in [2.45, 2.75) is 32.1 Å². The summed E-state index contributed by atoms with van der Waals surface area (Å²) in [4.78, 5) is 31.1. The van der Waals surface area contributed by atoms with Crippen molar-refractivity contribution < 1.29 is 9.59 Å². The number of unbranched alkanes of at least 4 members (excludes halogenated alkanes) is 1. The van der Waals surface area contributed by atoms with Crippen molar-refractivity contribution in [2.75, 3.05) is 44.2 Å². The van der Waals surface area contributed by atoms with Crippen LogP contribution >= 0.6 is 11.6 Å². The lowest BCUT2D eigenvalue weighted by Gasteiger charge is -2.36. The van der Waals surface area contributed by atoms with E-state index in [1.807, 2.05) is 18.2 Å². The van der Waals surface area contributed by atoms with Crippen LogP contribution in [0.2, 0.25) is 5.02 Å². The highest BCUT2D eigenvalue weighted by atomic mass is 35.5. The van der Waals surface area contributed by atoms with Crippen LogP contribution in [0.1, 0.15) is 32.1 Å². The van der Waals surface area contributed by atoms with Gasteiger partial charge in [-0.15, -0.1) is 0 Å². The van der Waals surface area contributed by atoms with Crippen molar-refractivity contribution in [3.63, 3.8) is 0 Å². The van der Waals surface area contributed by atoms with Gasteiger partial charge >= 0.3 is 0 Å². The molecular weight excluding hydrogens is 362 g/mol. The number of amides is 2. The number of anilines is 1. The summed E-state index contributed by atoms with van der Waals surface area (Å²) in [6.45, 7) is 5.73. The standard InChI is InChI=1S/C21H28ClN3O2/c22-18-4-3-5-19(15-18)24-12-10-23(11-13-24)8-1-2-9-25-20(26)16-6-7-17(14-16)21(25)27/h3-5,15-17H,1-2,6-14H2. The predicted octanol–water partition coefficient (Wildman–Crippen LogP) is 3.03. The van der Waals surface area contributed by atoms with Crippen LogP contribution in [-0.2, 0) is 9.59 Å². The van der Waals surface area contributed by atoms with E-state index in [0.717, 1.165) is 69.9 Å². The third-order valence-electron chi connectivity index (χ3n) is 6.31. The highest BCUT2D eigenvalue weighted by molar-refractivity contribution is 6.30. The summed E-state index contributed by atoms with van der Waals surface area (Å²) < 4.78 is 0. The summed E-state index contributed by atoms with van der Waals surface area (Å²) in [7, 11) is 0. The van der Waals surface area contributed by atoms with E-state index in [4.69, 9.17) is 11.6 Å². The normalized spacial score (nSPS) is 26.1. The molecule has 4 rings (SSSR count). The lowest BCUT2D eigenvalue weighted by atomic mass is 9.97. The van der Waals surface area contributed by atoms with Gasteiger partial charge in [0.05, 0.1) is 0 Å². The van der Waals surface area contributed by atoms with E-state index >= 15 is 0 Å². The van der Waals surface area contributed by atoms with Crippen molar-refractivity contribution in [1.29, 1.82) is 0 Å². The van der Waals surface area contributed by atoms with E-state index in [1.165, 1.54) is 5.69 Å². The molecular formula is C21H28ClN3O2. The number of carbonyl (C=O) groups excluding carboxylic acids is 2. The van der Waals surface area contributed by atoms with Gasteiger partial charge in [0.15, 0.2) is 0 Å². The minimum Gasteiger partial charge on any atom is -0.369 e. The molecule has 0 spiro atoms. The van der Waals surface area contributed by atoms with Crippen LogP contribution in [0.3, 0.4) is 0 Å². The van der Waals surface area contributed by atoms with Gasteiger partial charge in [-0.25, -0.2) is 0 Å². The second-order valence-corrected chi connectivity index (χ2v) is 8.49. The zero-order valence-electron chi connectivity index (χ0n) is 15.8. The van der Waals surface area contributed by atoms with E-state index in [0.29, 0.717) is 6.54 Å². The number of imide groups is 1. The Balaban J connectivity index is 1.18. The minimum absolute atomic E-state index is 0.0869. The smallest absolute Gasteiger partial charge is 0.232 e. The number of fused-ring (bicyclic) bond motifs is 2. The Hall–Kier alpha value is -1.59. The Morgan fingerprint density at radius 1 is 0.926 bits per heavy atom. The van der Waals surface area contributed by atoms with Crippen LogP contribution in [-0.4, -0.2) is 60.9 Å². The molecule has 5 nitrogen and oxygen atoms in total. The Bertz CT molecular complexity index is 680. The number of benzene rings is 1. The Labute approximate surface area is 166 Å². The number of nitrogens with zero attached hydrogens (tertiary/aromatic N) is 3. The number of hydrogen-bond acceptors (Lipinski definition) is 4. The van der Waals surface area contributed by atoms with Gasteiger partial charge < -0.3 is 4.90 Å². The quantitative estimate of drug-likeness (QED) is 0.554. The molecule has 2 bridgehead atoms. The van der Waals surface area contributed by atoms with E-state index in [9.17, 15) is 9.59 Å². The van der Waals surface area contributed by atoms with E-state index in [2.05, 4.69) is 15.9 Å². The molecule has 0 radical (unpaired) electrons. The Morgan fingerprint density at radius 2 is 1.59 bits per heavy atom. The van der Waals surface area contributed by atoms with Crippen LogP contribution in [0.4, 0.5) is 5.69 Å². The van der Waals surface area contributed by atoms with Crippen LogP contribution < -0.4 is 4.90 Å². The summed E-state index contributed by atoms with van der Waals surface area (Å²) >= 11 is 6.09. The monoisotopic (exact) mass is 389 g/mol. The second-order valence-electron chi connectivity index (χ2n) is 8.05. The largest absolute Gasteiger partial charge is 0.369 e. The van der Waals surface area contributed by atoms with Gasteiger partial charge in [-0.05, 0) is 56.8 Å². The maximum atomic E-state index is 12.4. The number of piperidine rings is 1. The summed E-state index contributed by atoms with van der Waals surface area (Å²) in [5.41, 5.74) is 1.19. The maximum absolute atomic E-state index is 12.4. The fraction of sp³-hybridized carbons (Fsp3) is 0.619. The molecule has 2 atom stereocenters. The zero-order chi connectivity index (χ0) is 18.8. The van der Waals surface area contributed by atoms with Gasteiger partial charge in [0, 0.05) is 55.3 Å². The molecule has 1 aliphatic carbocycles. The highest BCUT2D eigenvalue weighted by Crippen LogP contribution is 2.38. The van der Waals surface area contributed by atoms with Gasteiger partial charge in [-0.2, -0.15) is 0 Å². The third kappa shape index (κ3) is 4.14. The van der Waals surface area contributed by atoms with Gasteiger partial charge in [-0.3, -0.25) is 19.4 Å². The van der Waals surface area contributed by atoms with Crippen LogP contribution in [0.15, 0.2) is 24.3 Å². The first-order valence-corrected chi connectivity index (χ1v) is 10.6. The van der Waals surface area contributed by atoms with E-state index in [-0.39, 0.29) is 23.7 Å². The number of piperazine rings is 1. The van der Waals surface area contributed by atoms with Gasteiger partial charge in [0.2, 0.25) is 11.8 Å². The molecule has 146 valence electrons. The molecule has 1 aromatic carbocycles. The Morgan fingerprint density at radius 3 is 2.26 bits per heavy atom. The van der Waals surface area contributed by atoms with Gasteiger partial charge in [0.1, 0.15) is 0 Å². The molecule has 2 saturated heterocycles. The topological polar surface area (TPSA) is 43.9 Å². The summed E-state index contributed by atoms with van der Waals surface area (Å²) in [6.07, 6.45) is 4.55. The number of halogens is 1. The molecule has 2 amide bonds. The molecule has 3 fully saturated rings. The van der Waals surface area contributed by atoms with Crippen molar-refractivity contribution >= 4 is 29.1 Å². The Kier molecular flexibility index (Phi) is 5.69. The van der Waals surface area contributed by atoms with E-state index in [1.54, 1.807) is 4.90 Å². The second kappa shape index (κ2) is 8.19. The molecule has 2 aliphatic heterocycles. The third-order valence-corrected chi connectivity index (χ3v) is 6.55. The average molecular weight is 390 g/mol. The molecule has 3 aliphatic rings. The first kappa shape index (κ1) is 18.8. The van der Waals surface area contributed by atoms with Crippen LogP contribution in [0.25, 0.3) is 0 Å². The van der Waals surface area contributed by atoms with Crippen molar-refractivity contribution in [3.8, 4) is 0 Å². The molecule has 2 heterocycles. The van der Waals surface area contributed by atoms with Crippen molar-refractivity contribution in [3.05, 3.63) is 29.3 Å². The average Bonchev–Trinajstić information content (AvgIpc) is 3.14. The SMILES string of the molecule is O=C1C2CCC(C2)C(=O)N1CCCCN1CCN(c2cccc(Cl)c2)CC1. The number of likely N-dealkylation sites (tertiary alicyclic amines) is 1. The first-order chi connectivity index (χ1) is 13.1. The number of carbonyl (C=O) groups is 2. The lowest BCUT2D eigenvalue weighted by Crippen LogP contribution is -2.47. The fourth-order valence-corrected chi connectivity index (χ4v) is 4.89. The predicted molar refractivity (Wildman–Crippen MR) is 107 cm³/mol. The molecule has 6 heteroatoms. The van der Waals surface area contributed by atoms with Gasteiger partial charge in [-0.1, -0.05) is 17.7 Å². The molecule has 1 saturated carbocycles. The van der Waals surface area contributed by atoms with Crippen molar-refractivity contribution in [2.24, 2.45) is 11.8 Å². The van der Waals surface area contributed by atoms with E-state index < -0.39 is 0 Å². The zero-order valence-corrected chi connectivity index (χ0v) is 16.5. The number of rotatable bonds is 6. The summed E-state index contributed by atoms with van der Waals surface area (Å²) in [5.74, 6) is 0.410. The molecule has 0 N–H and O–H groups in total. The van der Waals surface area contributed by atoms with Crippen LogP contribution in [0, 0.1) is 11.8 Å². The molecule has 27 heavy (non-hydrogen) atoms. The summed E-state index contributed by atoms with van der Waals surface area (Å²) in [5, 5.41) is 0.783. The molecule has 0 aromatic heterocycles. The number of hydrogen-bond donors (Lipinski definition) is 0. The maximum Gasteiger partial charge on any atom is 0.232 e. The minimum atomic E-state index is 0.0869. The first-order valence-electron chi connectivity index (χ1n) is 10.2. The molecule has 1 aromatic rings. The highest BCUT2D eigenvalue weighted by Gasteiger charge is 2.44. The molecule has 2 unspecified atom stereocenters. The van der Waals surface area contributed by atoms with Crippen molar-refractivity contribution in [1.82, 2.24) is 9.80 Å².